The van der Waals surface area contributed by atoms with Crippen molar-refractivity contribution in [2.24, 2.45) is 0 Å². The Morgan fingerprint density at radius 3 is 2.50 bits per heavy atom. The lowest BCUT2D eigenvalue weighted by Crippen LogP contribution is -1.97. The molecule has 0 aliphatic heterocycles. The zero-order valence-corrected chi connectivity index (χ0v) is 12.3. The Balaban J connectivity index is 1.84. The molecule has 0 saturated carbocycles. The van der Waals surface area contributed by atoms with Crippen LogP contribution in [0.2, 0.25) is 0 Å². The van der Waals surface area contributed by atoms with Crippen LogP contribution in [0.4, 0.5) is 0 Å². The van der Waals surface area contributed by atoms with Crippen LogP contribution in [0.25, 0.3) is 0 Å². The predicted octanol–water partition coefficient (Wildman–Crippen LogP) is 4.43. The van der Waals surface area contributed by atoms with Gasteiger partial charge < -0.3 is 9.84 Å². The van der Waals surface area contributed by atoms with E-state index in [-0.39, 0.29) is 5.56 Å². The van der Waals surface area contributed by atoms with E-state index in [1.54, 1.807) is 12.1 Å². The van der Waals surface area contributed by atoms with Gasteiger partial charge in [-0.3, -0.25) is 0 Å². The van der Waals surface area contributed by atoms with Gasteiger partial charge in [-0.05, 0) is 76.7 Å². The number of aryl methyl sites for hydroxylation is 2. The van der Waals surface area contributed by atoms with Crippen molar-refractivity contribution in [3.05, 3.63) is 57.6 Å². The minimum Gasteiger partial charge on any atom is -0.478 e. The van der Waals surface area contributed by atoms with E-state index in [4.69, 9.17) is 9.84 Å². The number of hydrogen-bond acceptors (Lipinski definition) is 2. The number of hydrogen-bond donors (Lipinski definition) is 1. The maximum Gasteiger partial charge on any atom is 0.336 e. The molecule has 0 aromatic heterocycles. The van der Waals surface area contributed by atoms with Crippen LogP contribution in [0, 0.1) is 0 Å². The van der Waals surface area contributed by atoms with Gasteiger partial charge >= 0.3 is 5.97 Å². The summed E-state index contributed by atoms with van der Waals surface area (Å²) in [6.07, 6.45) is 3.46. The maximum atomic E-state index is 10.9. The molecule has 2 aromatic carbocycles. The second-order valence-electron chi connectivity index (χ2n) is 4.83. The van der Waals surface area contributed by atoms with Gasteiger partial charge in [0.15, 0.2) is 0 Å². The van der Waals surface area contributed by atoms with Crippen LogP contribution in [0.5, 0.6) is 11.5 Å². The summed E-state index contributed by atoms with van der Waals surface area (Å²) in [6, 6.07) is 11.0. The largest absolute Gasteiger partial charge is 0.478 e. The van der Waals surface area contributed by atoms with Gasteiger partial charge in [0.1, 0.15) is 11.5 Å². The maximum absolute atomic E-state index is 10.9. The SMILES string of the molecule is O=C(O)c1ccc(Oc2ccc3c(c2)CCC3)cc1Br. The van der Waals surface area contributed by atoms with Crippen molar-refractivity contribution in [1.82, 2.24) is 0 Å². The van der Waals surface area contributed by atoms with Crippen LogP contribution in [0.3, 0.4) is 0 Å². The van der Waals surface area contributed by atoms with Crippen LogP contribution in [0.1, 0.15) is 27.9 Å². The minimum atomic E-state index is -0.957. The summed E-state index contributed by atoms with van der Waals surface area (Å²) >= 11 is 3.25. The summed E-state index contributed by atoms with van der Waals surface area (Å²) < 4.78 is 6.31. The molecule has 0 amide bonds. The first kappa shape index (κ1) is 13.2. The molecule has 0 spiro atoms. The molecule has 1 aliphatic rings. The van der Waals surface area contributed by atoms with E-state index in [2.05, 4.69) is 28.1 Å². The number of benzene rings is 2. The minimum absolute atomic E-state index is 0.228. The molecule has 0 bridgehead atoms. The van der Waals surface area contributed by atoms with Gasteiger partial charge in [0.05, 0.1) is 5.56 Å². The number of halogens is 1. The van der Waals surface area contributed by atoms with Crippen molar-refractivity contribution in [2.75, 3.05) is 0 Å². The van der Waals surface area contributed by atoms with E-state index >= 15 is 0 Å². The van der Waals surface area contributed by atoms with Gasteiger partial charge in [0, 0.05) is 4.47 Å². The fourth-order valence-electron chi connectivity index (χ4n) is 2.48. The van der Waals surface area contributed by atoms with Crippen molar-refractivity contribution < 1.29 is 14.6 Å². The molecule has 0 unspecified atom stereocenters. The Labute approximate surface area is 125 Å². The lowest BCUT2D eigenvalue weighted by atomic mass is 10.1. The monoisotopic (exact) mass is 332 g/mol. The zero-order chi connectivity index (χ0) is 14.1. The molecule has 102 valence electrons. The van der Waals surface area contributed by atoms with E-state index < -0.39 is 5.97 Å². The quantitative estimate of drug-likeness (QED) is 0.904. The van der Waals surface area contributed by atoms with Gasteiger partial charge in [-0.15, -0.1) is 0 Å². The smallest absolute Gasteiger partial charge is 0.336 e. The lowest BCUT2D eigenvalue weighted by Gasteiger charge is -2.09. The molecule has 0 atom stereocenters. The first-order valence-corrected chi connectivity index (χ1v) is 7.25. The third kappa shape index (κ3) is 2.56. The van der Waals surface area contributed by atoms with Gasteiger partial charge in [0.2, 0.25) is 0 Å². The molecule has 3 nitrogen and oxygen atoms in total. The van der Waals surface area contributed by atoms with E-state index in [0.717, 1.165) is 18.6 Å². The van der Waals surface area contributed by atoms with Crippen LogP contribution < -0.4 is 4.74 Å². The molecular formula is C16H13BrO3. The molecule has 0 radical (unpaired) electrons. The number of ether oxygens (including phenoxy) is 1. The lowest BCUT2D eigenvalue weighted by molar-refractivity contribution is 0.0696. The fraction of sp³-hybridized carbons (Fsp3) is 0.188. The topological polar surface area (TPSA) is 46.5 Å². The van der Waals surface area contributed by atoms with Crippen LogP contribution in [-0.4, -0.2) is 11.1 Å². The van der Waals surface area contributed by atoms with Gasteiger partial charge in [-0.1, -0.05) is 6.07 Å². The normalized spacial score (nSPS) is 13.1. The first-order valence-electron chi connectivity index (χ1n) is 6.46. The Bertz CT molecular complexity index is 679. The Hall–Kier alpha value is -1.81. The van der Waals surface area contributed by atoms with Crippen molar-refractivity contribution >= 4 is 21.9 Å². The Kier molecular flexibility index (Phi) is 3.49. The molecule has 0 fully saturated rings. The summed E-state index contributed by atoms with van der Waals surface area (Å²) in [5.41, 5.74) is 2.98. The van der Waals surface area contributed by atoms with Gasteiger partial charge in [-0.2, -0.15) is 0 Å². The number of carboxylic acids is 1. The summed E-state index contributed by atoms with van der Waals surface area (Å²) in [4.78, 5) is 10.9. The van der Waals surface area contributed by atoms with E-state index in [1.807, 2.05) is 6.07 Å². The number of carboxylic acid groups (broad SMARTS) is 1. The highest BCUT2D eigenvalue weighted by Crippen LogP contribution is 2.30. The molecule has 0 heterocycles. The van der Waals surface area contributed by atoms with Crippen LogP contribution >= 0.6 is 15.9 Å². The summed E-state index contributed by atoms with van der Waals surface area (Å²) in [6.45, 7) is 0. The summed E-state index contributed by atoms with van der Waals surface area (Å²) in [5.74, 6) is 0.460. The molecule has 1 N–H and O–H groups in total. The number of carbonyl (C=O) groups is 1. The second-order valence-corrected chi connectivity index (χ2v) is 5.69. The predicted molar refractivity (Wildman–Crippen MR) is 79.6 cm³/mol. The third-order valence-electron chi connectivity index (χ3n) is 3.48. The second kappa shape index (κ2) is 5.29. The van der Waals surface area contributed by atoms with Crippen molar-refractivity contribution in [2.45, 2.75) is 19.3 Å². The van der Waals surface area contributed by atoms with Crippen molar-refractivity contribution in [3.63, 3.8) is 0 Å². The van der Waals surface area contributed by atoms with Crippen LogP contribution in [0.15, 0.2) is 40.9 Å². The first-order chi connectivity index (χ1) is 9.63. The average molecular weight is 333 g/mol. The third-order valence-corrected chi connectivity index (χ3v) is 4.13. The Morgan fingerprint density at radius 1 is 1.05 bits per heavy atom. The van der Waals surface area contributed by atoms with E-state index in [1.165, 1.54) is 23.6 Å². The molecule has 1 aliphatic carbocycles. The highest BCUT2D eigenvalue weighted by atomic mass is 79.9. The highest BCUT2D eigenvalue weighted by molar-refractivity contribution is 9.10. The molecule has 0 saturated heterocycles. The molecule has 20 heavy (non-hydrogen) atoms. The van der Waals surface area contributed by atoms with Crippen molar-refractivity contribution in [3.8, 4) is 11.5 Å². The number of aromatic carboxylic acids is 1. The van der Waals surface area contributed by atoms with Crippen molar-refractivity contribution in [1.29, 1.82) is 0 Å². The molecule has 4 heteroatoms. The number of rotatable bonds is 3. The molecule has 2 aromatic rings. The molecule has 3 rings (SSSR count). The Morgan fingerprint density at radius 2 is 1.75 bits per heavy atom. The van der Waals surface area contributed by atoms with E-state index in [9.17, 15) is 4.79 Å². The van der Waals surface area contributed by atoms with Gasteiger partial charge in [0.25, 0.3) is 0 Å². The standard InChI is InChI=1S/C16H13BrO3/c17-15-9-13(6-7-14(15)16(18)19)20-12-5-4-10-2-1-3-11(10)8-12/h4-9H,1-3H2,(H,18,19). The highest BCUT2D eigenvalue weighted by Gasteiger charge is 2.12. The van der Waals surface area contributed by atoms with E-state index in [0.29, 0.717) is 10.2 Å². The summed E-state index contributed by atoms with van der Waals surface area (Å²) in [7, 11) is 0. The average Bonchev–Trinajstić information content (AvgIpc) is 2.85. The number of fused-ring (bicyclic) bond motifs is 1. The summed E-state index contributed by atoms with van der Waals surface area (Å²) in [5, 5.41) is 8.98. The molecular weight excluding hydrogens is 320 g/mol. The van der Waals surface area contributed by atoms with Gasteiger partial charge in [-0.25, -0.2) is 4.79 Å². The van der Waals surface area contributed by atoms with Crippen LogP contribution in [-0.2, 0) is 12.8 Å². The zero-order valence-electron chi connectivity index (χ0n) is 10.7. The fourth-order valence-corrected chi connectivity index (χ4v) is 3.01.